The lowest BCUT2D eigenvalue weighted by atomic mass is 10.2. The predicted octanol–water partition coefficient (Wildman–Crippen LogP) is 2.18. The largest absolute Gasteiger partial charge is 0.492 e. The van der Waals surface area contributed by atoms with Gasteiger partial charge in [0.2, 0.25) is 0 Å². The molecule has 0 saturated carbocycles. The number of rotatable bonds is 4. The molecule has 0 spiro atoms. The van der Waals surface area contributed by atoms with Crippen molar-refractivity contribution in [3.63, 3.8) is 0 Å². The molecule has 78 valence electrons. The maximum absolute atomic E-state index is 10.8. The average molecular weight is 204 g/mol. The molecule has 0 aliphatic rings. The van der Waals surface area contributed by atoms with Crippen LogP contribution in [0.25, 0.3) is 0 Å². The number of hydrogen-bond donors (Lipinski definition) is 1. The van der Waals surface area contributed by atoms with E-state index in [0.717, 1.165) is 0 Å². The lowest BCUT2D eigenvalue weighted by molar-refractivity contribution is 0.0692. The minimum absolute atomic E-state index is 0.182. The molecule has 0 aliphatic heterocycles. The van der Waals surface area contributed by atoms with Gasteiger partial charge >= 0.3 is 5.97 Å². The van der Waals surface area contributed by atoms with E-state index in [2.05, 4.69) is 11.8 Å². The van der Waals surface area contributed by atoms with Gasteiger partial charge < -0.3 is 9.84 Å². The van der Waals surface area contributed by atoms with Gasteiger partial charge in [0.1, 0.15) is 11.3 Å². The van der Waals surface area contributed by atoms with Crippen LogP contribution in [-0.4, -0.2) is 17.7 Å². The molecule has 1 aromatic carbocycles. The molecule has 1 N–H and O–H groups in total. The van der Waals surface area contributed by atoms with E-state index in [1.165, 1.54) is 6.07 Å². The summed E-state index contributed by atoms with van der Waals surface area (Å²) in [5.74, 6) is 5.00. The topological polar surface area (TPSA) is 46.5 Å². The number of carboxylic acid groups (broad SMARTS) is 1. The van der Waals surface area contributed by atoms with Gasteiger partial charge in [-0.05, 0) is 19.1 Å². The Labute approximate surface area is 88.7 Å². The van der Waals surface area contributed by atoms with Gasteiger partial charge in [-0.2, -0.15) is 0 Å². The first-order valence-corrected chi connectivity index (χ1v) is 4.60. The van der Waals surface area contributed by atoms with Crippen LogP contribution in [0.1, 0.15) is 23.7 Å². The van der Waals surface area contributed by atoms with Crippen LogP contribution in [0.5, 0.6) is 5.75 Å². The molecule has 0 bridgehead atoms. The van der Waals surface area contributed by atoms with Gasteiger partial charge in [0.25, 0.3) is 0 Å². The zero-order chi connectivity index (χ0) is 11.1. The summed E-state index contributed by atoms with van der Waals surface area (Å²) >= 11 is 0. The highest BCUT2D eigenvalue weighted by Gasteiger charge is 2.09. The van der Waals surface area contributed by atoms with Crippen molar-refractivity contribution in [3.05, 3.63) is 29.8 Å². The number of carboxylic acids is 1. The van der Waals surface area contributed by atoms with E-state index >= 15 is 0 Å². The van der Waals surface area contributed by atoms with E-state index in [1.807, 2.05) is 0 Å². The Morgan fingerprint density at radius 2 is 2.20 bits per heavy atom. The zero-order valence-electron chi connectivity index (χ0n) is 8.49. The molecule has 0 saturated heterocycles. The van der Waals surface area contributed by atoms with Crippen LogP contribution in [0.3, 0.4) is 0 Å². The predicted molar refractivity (Wildman–Crippen MR) is 57.0 cm³/mol. The van der Waals surface area contributed by atoms with Crippen LogP contribution >= 0.6 is 0 Å². The maximum atomic E-state index is 10.8. The summed E-state index contributed by atoms with van der Waals surface area (Å²) < 4.78 is 5.32. The molecule has 0 unspecified atom stereocenters. The Morgan fingerprint density at radius 3 is 2.87 bits per heavy atom. The standard InChI is InChI=1S/C12H12O3/c1-2-3-6-9-15-11-8-5-4-7-10(11)12(13)14/h4-5,7-8H,6,9H2,1H3,(H,13,14). The molecule has 0 heterocycles. The van der Waals surface area contributed by atoms with Gasteiger partial charge in [-0.25, -0.2) is 4.79 Å². The van der Waals surface area contributed by atoms with E-state index in [9.17, 15) is 4.79 Å². The van der Waals surface area contributed by atoms with Gasteiger partial charge in [0.15, 0.2) is 0 Å². The van der Waals surface area contributed by atoms with Crippen molar-refractivity contribution in [3.8, 4) is 17.6 Å². The highest BCUT2D eigenvalue weighted by atomic mass is 16.5. The molecule has 0 aliphatic carbocycles. The Kier molecular flexibility index (Phi) is 4.24. The third-order valence-electron chi connectivity index (χ3n) is 1.78. The molecule has 0 aromatic heterocycles. The zero-order valence-corrected chi connectivity index (χ0v) is 8.49. The van der Waals surface area contributed by atoms with Gasteiger partial charge in [-0.3, -0.25) is 0 Å². The quantitative estimate of drug-likeness (QED) is 0.604. The number of ether oxygens (including phenoxy) is 1. The Balaban J connectivity index is 2.66. The van der Waals surface area contributed by atoms with Crippen molar-refractivity contribution in [2.45, 2.75) is 13.3 Å². The number of carbonyl (C=O) groups is 1. The summed E-state index contributed by atoms with van der Waals surface area (Å²) in [4.78, 5) is 10.8. The van der Waals surface area contributed by atoms with Crippen molar-refractivity contribution in [2.75, 3.05) is 6.61 Å². The highest BCUT2D eigenvalue weighted by Crippen LogP contribution is 2.17. The number of para-hydroxylation sites is 1. The van der Waals surface area contributed by atoms with Crippen LogP contribution < -0.4 is 4.74 Å². The first-order valence-electron chi connectivity index (χ1n) is 4.60. The fourth-order valence-corrected chi connectivity index (χ4v) is 1.11. The van der Waals surface area contributed by atoms with Crippen LogP contribution in [0.15, 0.2) is 24.3 Å². The van der Waals surface area contributed by atoms with Gasteiger partial charge in [0.05, 0.1) is 6.61 Å². The van der Waals surface area contributed by atoms with E-state index in [4.69, 9.17) is 9.84 Å². The summed E-state index contributed by atoms with van der Waals surface area (Å²) in [6.07, 6.45) is 0.602. The first-order chi connectivity index (χ1) is 7.25. The van der Waals surface area contributed by atoms with Gasteiger partial charge in [-0.1, -0.05) is 12.1 Å². The molecule has 0 fully saturated rings. The second kappa shape index (κ2) is 5.71. The molecule has 1 aromatic rings. The molecular formula is C12H12O3. The van der Waals surface area contributed by atoms with Crippen molar-refractivity contribution in [1.29, 1.82) is 0 Å². The second-order valence-electron chi connectivity index (χ2n) is 2.83. The molecule has 3 nitrogen and oxygen atoms in total. The Bertz CT molecular complexity index is 399. The van der Waals surface area contributed by atoms with Crippen molar-refractivity contribution >= 4 is 5.97 Å². The lowest BCUT2D eigenvalue weighted by Gasteiger charge is -2.06. The summed E-state index contributed by atoms with van der Waals surface area (Å²) in [6, 6.07) is 6.57. The fourth-order valence-electron chi connectivity index (χ4n) is 1.11. The summed E-state index contributed by atoms with van der Waals surface area (Å²) in [7, 11) is 0. The van der Waals surface area contributed by atoms with Gasteiger partial charge in [0, 0.05) is 6.42 Å². The van der Waals surface area contributed by atoms with E-state index in [-0.39, 0.29) is 5.56 Å². The van der Waals surface area contributed by atoms with Crippen LogP contribution in [-0.2, 0) is 0 Å². The average Bonchev–Trinajstić information content (AvgIpc) is 2.25. The fraction of sp³-hybridized carbons (Fsp3) is 0.250. The normalized spacial score (nSPS) is 8.87. The first kappa shape index (κ1) is 11.1. The van der Waals surface area contributed by atoms with Crippen LogP contribution in [0.2, 0.25) is 0 Å². The lowest BCUT2D eigenvalue weighted by Crippen LogP contribution is -2.03. The van der Waals surface area contributed by atoms with E-state index in [1.54, 1.807) is 25.1 Å². The van der Waals surface area contributed by atoms with Crippen molar-refractivity contribution in [2.24, 2.45) is 0 Å². The van der Waals surface area contributed by atoms with Crippen LogP contribution in [0.4, 0.5) is 0 Å². The Morgan fingerprint density at radius 1 is 1.47 bits per heavy atom. The minimum atomic E-state index is -0.979. The van der Waals surface area contributed by atoms with Crippen LogP contribution in [0, 0.1) is 11.8 Å². The molecule has 15 heavy (non-hydrogen) atoms. The summed E-state index contributed by atoms with van der Waals surface area (Å²) in [5, 5.41) is 8.86. The molecular weight excluding hydrogens is 192 g/mol. The van der Waals surface area contributed by atoms with E-state index < -0.39 is 5.97 Å². The highest BCUT2D eigenvalue weighted by molar-refractivity contribution is 5.90. The summed E-state index contributed by atoms with van der Waals surface area (Å²) in [5.41, 5.74) is 0.182. The number of hydrogen-bond acceptors (Lipinski definition) is 2. The third kappa shape index (κ3) is 3.35. The van der Waals surface area contributed by atoms with Gasteiger partial charge in [-0.15, -0.1) is 11.8 Å². The molecule has 0 amide bonds. The molecule has 3 heteroatoms. The second-order valence-corrected chi connectivity index (χ2v) is 2.83. The third-order valence-corrected chi connectivity index (χ3v) is 1.78. The minimum Gasteiger partial charge on any atom is -0.492 e. The summed E-state index contributed by atoms with van der Waals surface area (Å²) in [6.45, 7) is 2.16. The molecule has 1 rings (SSSR count). The monoisotopic (exact) mass is 204 g/mol. The Hall–Kier alpha value is -1.95. The molecule has 0 atom stereocenters. The SMILES string of the molecule is CC#CCCOc1ccccc1C(=O)O. The van der Waals surface area contributed by atoms with Crippen molar-refractivity contribution in [1.82, 2.24) is 0 Å². The molecule has 0 radical (unpaired) electrons. The van der Waals surface area contributed by atoms with E-state index in [0.29, 0.717) is 18.8 Å². The number of benzene rings is 1. The smallest absolute Gasteiger partial charge is 0.339 e. The van der Waals surface area contributed by atoms with Crippen molar-refractivity contribution < 1.29 is 14.6 Å². The number of aromatic carboxylic acids is 1. The maximum Gasteiger partial charge on any atom is 0.339 e.